The first kappa shape index (κ1) is 16.7. The van der Waals surface area contributed by atoms with Gasteiger partial charge in [0.05, 0.1) is 16.6 Å². The van der Waals surface area contributed by atoms with E-state index in [4.69, 9.17) is 5.73 Å². The van der Waals surface area contributed by atoms with E-state index in [9.17, 15) is 9.59 Å². The Morgan fingerprint density at radius 3 is 2.73 bits per heavy atom. The number of nitrogens with zero attached hydrogens (tertiary/aromatic N) is 1. The van der Waals surface area contributed by atoms with Gasteiger partial charge in [0.1, 0.15) is 5.00 Å². The number of pyridine rings is 1. The van der Waals surface area contributed by atoms with E-state index < -0.39 is 5.91 Å². The lowest BCUT2D eigenvalue weighted by atomic mass is 10.0. The largest absolute Gasteiger partial charge is 0.365 e. The van der Waals surface area contributed by atoms with E-state index >= 15 is 0 Å². The third-order valence-corrected chi connectivity index (χ3v) is 6.00. The van der Waals surface area contributed by atoms with Crippen LogP contribution >= 0.6 is 11.3 Å². The molecule has 2 amide bonds. The van der Waals surface area contributed by atoms with Gasteiger partial charge < -0.3 is 11.1 Å². The molecule has 0 unspecified atom stereocenters. The molecule has 2 aromatic heterocycles. The molecule has 6 heteroatoms. The van der Waals surface area contributed by atoms with E-state index in [-0.39, 0.29) is 5.91 Å². The van der Waals surface area contributed by atoms with Crippen LogP contribution in [-0.2, 0) is 12.8 Å². The number of thiophene rings is 1. The average Bonchev–Trinajstić information content (AvgIpc) is 2.82. The van der Waals surface area contributed by atoms with Crippen molar-refractivity contribution in [1.82, 2.24) is 4.98 Å². The molecule has 3 aromatic rings. The van der Waals surface area contributed by atoms with Crippen LogP contribution in [0.2, 0.25) is 0 Å². The summed E-state index contributed by atoms with van der Waals surface area (Å²) in [6.45, 7) is 0. The minimum Gasteiger partial charge on any atom is -0.365 e. The van der Waals surface area contributed by atoms with Crippen molar-refractivity contribution in [1.29, 1.82) is 0 Å². The SMILES string of the molecule is NC(=O)c1c(NC(=O)c2ccnc3ccccc23)sc2c1CCCCC2. The zero-order chi connectivity index (χ0) is 18.1. The Balaban J connectivity index is 1.73. The van der Waals surface area contributed by atoms with E-state index in [2.05, 4.69) is 10.3 Å². The molecule has 0 saturated carbocycles. The Hall–Kier alpha value is -2.73. The summed E-state index contributed by atoms with van der Waals surface area (Å²) in [6, 6.07) is 9.20. The van der Waals surface area contributed by atoms with Crippen molar-refractivity contribution in [3.05, 3.63) is 58.1 Å². The number of primary amides is 1. The summed E-state index contributed by atoms with van der Waals surface area (Å²) in [5.74, 6) is -0.721. The first-order valence-corrected chi connectivity index (χ1v) is 9.56. The number of nitrogens with one attached hydrogen (secondary N) is 1. The van der Waals surface area contributed by atoms with Gasteiger partial charge in [-0.15, -0.1) is 11.3 Å². The second kappa shape index (κ2) is 6.88. The van der Waals surface area contributed by atoms with E-state index in [1.54, 1.807) is 12.3 Å². The summed E-state index contributed by atoms with van der Waals surface area (Å²) < 4.78 is 0. The number of fused-ring (bicyclic) bond motifs is 2. The Bertz CT molecular complexity index is 1000. The number of benzene rings is 1. The monoisotopic (exact) mass is 365 g/mol. The van der Waals surface area contributed by atoms with Crippen molar-refractivity contribution in [2.75, 3.05) is 5.32 Å². The number of nitrogens with two attached hydrogens (primary N) is 1. The number of hydrogen-bond acceptors (Lipinski definition) is 4. The van der Waals surface area contributed by atoms with Crippen molar-refractivity contribution < 1.29 is 9.59 Å². The molecule has 1 aromatic carbocycles. The molecule has 0 saturated heterocycles. The molecule has 0 spiro atoms. The zero-order valence-electron chi connectivity index (χ0n) is 14.2. The quantitative estimate of drug-likeness (QED) is 0.690. The van der Waals surface area contributed by atoms with Crippen LogP contribution in [0.1, 0.15) is 50.4 Å². The van der Waals surface area contributed by atoms with E-state index in [0.717, 1.165) is 48.6 Å². The molecule has 5 nitrogen and oxygen atoms in total. The highest BCUT2D eigenvalue weighted by Gasteiger charge is 2.24. The van der Waals surface area contributed by atoms with Crippen LogP contribution in [-0.4, -0.2) is 16.8 Å². The molecular formula is C20H19N3O2S. The van der Waals surface area contributed by atoms with Gasteiger partial charge in [0.15, 0.2) is 0 Å². The number of amides is 2. The maximum Gasteiger partial charge on any atom is 0.257 e. The summed E-state index contributed by atoms with van der Waals surface area (Å²) in [5, 5.41) is 4.28. The summed E-state index contributed by atoms with van der Waals surface area (Å²) in [6.07, 6.45) is 6.72. The van der Waals surface area contributed by atoms with Crippen LogP contribution in [0, 0.1) is 0 Å². The Morgan fingerprint density at radius 1 is 1.08 bits per heavy atom. The average molecular weight is 365 g/mol. The van der Waals surface area contributed by atoms with Crippen LogP contribution < -0.4 is 11.1 Å². The number of aromatic nitrogens is 1. The van der Waals surface area contributed by atoms with Crippen molar-refractivity contribution >= 4 is 39.1 Å². The Morgan fingerprint density at radius 2 is 1.88 bits per heavy atom. The van der Waals surface area contributed by atoms with Crippen LogP contribution in [0.25, 0.3) is 10.9 Å². The first-order chi connectivity index (χ1) is 12.6. The summed E-state index contributed by atoms with van der Waals surface area (Å²) in [7, 11) is 0. The standard InChI is InChI=1S/C20H19N3O2S/c21-18(24)17-14-7-2-1-3-9-16(14)26-20(17)23-19(25)13-10-11-22-15-8-5-4-6-12(13)15/h4-6,8,10-11H,1-3,7,9H2,(H2,21,24)(H,23,25). The number of anilines is 1. The summed E-state index contributed by atoms with van der Waals surface area (Å²) in [5.41, 5.74) is 8.45. The molecule has 4 rings (SSSR count). The van der Waals surface area contributed by atoms with E-state index in [0.29, 0.717) is 16.1 Å². The van der Waals surface area contributed by atoms with Crippen molar-refractivity contribution in [3.8, 4) is 0 Å². The van der Waals surface area contributed by atoms with E-state index in [1.165, 1.54) is 16.2 Å². The normalized spacial score (nSPS) is 13.8. The number of para-hydroxylation sites is 1. The first-order valence-electron chi connectivity index (χ1n) is 8.74. The third kappa shape index (κ3) is 2.97. The van der Waals surface area contributed by atoms with Crippen molar-refractivity contribution in [2.45, 2.75) is 32.1 Å². The smallest absolute Gasteiger partial charge is 0.257 e. The molecule has 1 aliphatic rings. The molecule has 1 aliphatic carbocycles. The number of hydrogen-bond donors (Lipinski definition) is 2. The number of aryl methyl sites for hydroxylation is 1. The van der Waals surface area contributed by atoms with Gasteiger partial charge in [-0.3, -0.25) is 14.6 Å². The summed E-state index contributed by atoms with van der Waals surface area (Å²) in [4.78, 5) is 30.4. The summed E-state index contributed by atoms with van der Waals surface area (Å²) >= 11 is 1.48. The molecule has 2 heterocycles. The van der Waals surface area contributed by atoms with Gasteiger partial charge in [-0.25, -0.2) is 0 Å². The van der Waals surface area contributed by atoms with Gasteiger partial charge >= 0.3 is 0 Å². The molecule has 26 heavy (non-hydrogen) atoms. The topological polar surface area (TPSA) is 85.1 Å². The minimum atomic E-state index is -0.473. The fourth-order valence-corrected chi connectivity index (χ4v) is 4.85. The predicted octanol–water partition coefficient (Wildman–Crippen LogP) is 3.92. The third-order valence-electron chi connectivity index (χ3n) is 4.79. The molecular weight excluding hydrogens is 346 g/mol. The van der Waals surface area contributed by atoms with Gasteiger partial charge in [-0.2, -0.15) is 0 Å². The fourth-order valence-electron chi connectivity index (χ4n) is 3.56. The molecule has 3 N–H and O–H groups in total. The predicted molar refractivity (Wildman–Crippen MR) is 104 cm³/mol. The number of carbonyl (C=O) groups is 2. The molecule has 0 aliphatic heterocycles. The Labute approximate surface area is 155 Å². The Kier molecular flexibility index (Phi) is 4.42. The molecule has 0 bridgehead atoms. The minimum absolute atomic E-state index is 0.248. The van der Waals surface area contributed by atoms with Crippen molar-refractivity contribution in [3.63, 3.8) is 0 Å². The van der Waals surface area contributed by atoms with Crippen LogP contribution in [0.15, 0.2) is 36.5 Å². The van der Waals surface area contributed by atoms with Gasteiger partial charge in [-0.05, 0) is 43.4 Å². The second-order valence-corrected chi connectivity index (χ2v) is 7.57. The lowest BCUT2D eigenvalue weighted by molar-refractivity contribution is 0.100. The van der Waals surface area contributed by atoms with Gasteiger partial charge in [0.2, 0.25) is 0 Å². The van der Waals surface area contributed by atoms with Crippen molar-refractivity contribution in [2.24, 2.45) is 5.73 Å². The van der Waals surface area contributed by atoms with Crippen LogP contribution in [0.4, 0.5) is 5.00 Å². The highest BCUT2D eigenvalue weighted by Crippen LogP contribution is 2.37. The molecule has 0 fully saturated rings. The van der Waals surface area contributed by atoms with Gasteiger partial charge in [0, 0.05) is 16.5 Å². The van der Waals surface area contributed by atoms with Gasteiger partial charge in [-0.1, -0.05) is 24.6 Å². The van der Waals surface area contributed by atoms with Gasteiger partial charge in [0.25, 0.3) is 11.8 Å². The van der Waals surface area contributed by atoms with Crippen LogP contribution in [0.5, 0.6) is 0 Å². The lowest BCUT2D eigenvalue weighted by Gasteiger charge is -2.08. The molecule has 0 atom stereocenters. The fraction of sp³-hybridized carbons (Fsp3) is 0.250. The van der Waals surface area contributed by atoms with E-state index in [1.807, 2.05) is 24.3 Å². The maximum atomic E-state index is 12.9. The molecule has 0 radical (unpaired) electrons. The van der Waals surface area contributed by atoms with Crippen LogP contribution in [0.3, 0.4) is 0 Å². The zero-order valence-corrected chi connectivity index (χ0v) is 15.1. The highest BCUT2D eigenvalue weighted by atomic mass is 32.1. The number of carbonyl (C=O) groups excluding carboxylic acids is 2. The highest BCUT2D eigenvalue weighted by molar-refractivity contribution is 7.17. The number of rotatable bonds is 3. The lowest BCUT2D eigenvalue weighted by Crippen LogP contribution is -2.18. The second-order valence-electron chi connectivity index (χ2n) is 6.46. The molecule has 132 valence electrons. The maximum absolute atomic E-state index is 12.9.